The average Bonchev–Trinajstić information content (AvgIpc) is 2.45. The van der Waals surface area contributed by atoms with Crippen LogP contribution in [0, 0.1) is 0 Å². The van der Waals surface area contributed by atoms with Crippen molar-refractivity contribution in [3.8, 4) is 5.75 Å². The third-order valence-electron chi connectivity index (χ3n) is 2.99. The Bertz CT molecular complexity index is 513. The average molecular weight is 305 g/mol. The van der Waals surface area contributed by atoms with Crippen molar-refractivity contribution in [1.29, 1.82) is 0 Å². The topological polar surface area (TPSA) is 59.0 Å². The summed E-state index contributed by atoms with van der Waals surface area (Å²) in [6, 6.07) is 3.00. The molecule has 1 heterocycles. The van der Waals surface area contributed by atoms with Gasteiger partial charge in [0.25, 0.3) is 0 Å². The van der Waals surface area contributed by atoms with Crippen molar-refractivity contribution >= 4 is 11.7 Å². The first-order valence-corrected chi connectivity index (χ1v) is 6.26. The predicted octanol–water partition coefficient (Wildman–Crippen LogP) is 2.01. The van der Waals surface area contributed by atoms with Gasteiger partial charge in [0.2, 0.25) is 0 Å². The molecule has 0 radical (unpaired) electrons. The number of morpholine rings is 1. The van der Waals surface area contributed by atoms with Gasteiger partial charge in [-0.1, -0.05) is 0 Å². The highest BCUT2D eigenvalue weighted by Crippen LogP contribution is 2.37. The lowest BCUT2D eigenvalue weighted by Crippen LogP contribution is -2.36. The Balaban J connectivity index is 2.32. The van der Waals surface area contributed by atoms with E-state index in [-0.39, 0.29) is 11.4 Å². The molecule has 0 atom stereocenters. The number of hydrogen-bond donors (Lipinski definition) is 1. The molecule has 1 saturated heterocycles. The number of aliphatic carboxylic acids is 1. The van der Waals surface area contributed by atoms with Crippen LogP contribution in [0.4, 0.5) is 18.9 Å². The van der Waals surface area contributed by atoms with E-state index >= 15 is 0 Å². The number of carboxylic acids is 1. The second kappa shape index (κ2) is 6.21. The third-order valence-corrected chi connectivity index (χ3v) is 2.99. The van der Waals surface area contributed by atoms with Gasteiger partial charge in [-0.25, -0.2) is 4.79 Å². The fourth-order valence-corrected chi connectivity index (χ4v) is 2.01. The lowest BCUT2D eigenvalue weighted by Gasteiger charge is -2.30. The van der Waals surface area contributed by atoms with Gasteiger partial charge in [-0.05, 0) is 18.2 Å². The number of anilines is 1. The molecule has 1 aromatic carbocycles. The summed E-state index contributed by atoms with van der Waals surface area (Å²) in [6.45, 7) is 1.03. The standard InChI is InChI=1S/C13H14F3NO4/c14-13(15,16)9-1-2-11(21-8-12(18)19)10(7-9)17-3-5-20-6-4-17/h1-2,7H,3-6,8H2,(H,18,19). The zero-order valence-corrected chi connectivity index (χ0v) is 11.0. The van der Waals surface area contributed by atoms with Gasteiger partial charge in [-0.2, -0.15) is 13.2 Å². The Morgan fingerprint density at radius 1 is 1.33 bits per heavy atom. The molecule has 0 amide bonds. The highest BCUT2D eigenvalue weighted by atomic mass is 19.4. The Labute approximate surface area is 118 Å². The maximum Gasteiger partial charge on any atom is 0.416 e. The Morgan fingerprint density at radius 2 is 2.00 bits per heavy atom. The number of alkyl halides is 3. The van der Waals surface area contributed by atoms with E-state index in [0.717, 1.165) is 18.2 Å². The van der Waals surface area contributed by atoms with E-state index in [1.165, 1.54) is 0 Å². The van der Waals surface area contributed by atoms with Gasteiger partial charge in [0.05, 0.1) is 24.5 Å². The monoisotopic (exact) mass is 305 g/mol. The van der Waals surface area contributed by atoms with Crippen molar-refractivity contribution in [2.45, 2.75) is 6.18 Å². The molecular formula is C13H14F3NO4. The lowest BCUT2D eigenvalue weighted by molar-refractivity contribution is -0.140. The Hall–Kier alpha value is -1.96. The van der Waals surface area contributed by atoms with Gasteiger partial charge in [0, 0.05) is 13.1 Å². The molecule has 1 aliphatic heterocycles. The summed E-state index contributed by atoms with van der Waals surface area (Å²) in [7, 11) is 0. The SMILES string of the molecule is O=C(O)COc1ccc(C(F)(F)F)cc1N1CCOCC1. The minimum Gasteiger partial charge on any atom is -0.480 e. The van der Waals surface area contributed by atoms with Crippen molar-refractivity contribution < 1.29 is 32.5 Å². The number of hydrogen-bond acceptors (Lipinski definition) is 4. The molecule has 0 bridgehead atoms. The summed E-state index contributed by atoms with van der Waals surface area (Å²) in [4.78, 5) is 12.2. The van der Waals surface area contributed by atoms with Gasteiger partial charge in [-0.3, -0.25) is 0 Å². The van der Waals surface area contributed by atoms with Crippen LogP contribution in [0.25, 0.3) is 0 Å². The number of benzene rings is 1. The molecule has 0 saturated carbocycles. The minimum atomic E-state index is -4.47. The lowest BCUT2D eigenvalue weighted by atomic mass is 10.1. The van der Waals surface area contributed by atoms with Crippen LogP contribution in [0.15, 0.2) is 18.2 Å². The van der Waals surface area contributed by atoms with Crippen molar-refractivity contribution in [2.75, 3.05) is 37.8 Å². The summed E-state index contributed by atoms with van der Waals surface area (Å²) in [6.07, 6.45) is -4.47. The molecule has 0 spiro atoms. The smallest absolute Gasteiger partial charge is 0.416 e. The molecule has 1 fully saturated rings. The highest BCUT2D eigenvalue weighted by molar-refractivity contribution is 5.69. The number of rotatable bonds is 4. The number of carbonyl (C=O) groups is 1. The number of nitrogens with zero attached hydrogens (tertiary/aromatic N) is 1. The maximum absolute atomic E-state index is 12.8. The quantitative estimate of drug-likeness (QED) is 0.922. The van der Waals surface area contributed by atoms with E-state index in [1.807, 2.05) is 0 Å². The minimum absolute atomic E-state index is 0.118. The van der Waals surface area contributed by atoms with Crippen LogP contribution >= 0.6 is 0 Å². The van der Waals surface area contributed by atoms with Crippen LogP contribution in [0.3, 0.4) is 0 Å². The molecule has 21 heavy (non-hydrogen) atoms. The second-order valence-corrected chi connectivity index (χ2v) is 4.46. The molecule has 5 nitrogen and oxygen atoms in total. The number of ether oxygens (including phenoxy) is 2. The van der Waals surface area contributed by atoms with Crippen molar-refractivity contribution in [3.05, 3.63) is 23.8 Å². The molecule has 0 aromatic heterocycles. The Morgan fingerprint density at radius 3 is 2.57 bits per heavy atom. The summed E-state index contributed by atoms with van der Waals surface area (Å²) >= 11 is 0. The Kier molecular flexibility index (Phi) is 4.56. The number of carboxylic acid groups (broad SMARTS) is 1. The summed E-state index contributed by atoms with van der Waals surface area (Å²) in [5.41, 5.74) is -0.568. The molecule has 2 rings (SSSR count). The van der Waals surface area contributed by atoms with Gasteiger partial charge in [0.15, 0.2) is 6.61 Å². The molecule has 116 valence electrons. The summed E-state index contributed by atoms with van der Waals surface area (Å²) < 4.78 is 48.6. The fraction of sp³-hybridized carbons (Fsp3) is 0.462. The van der Waals surface area contributed by atoms with E-state index < -0.39 is 24.3 Å². The molecule has 0 aliphatic carbocycles. The first-order valence-electron chi connectivity index (χ1n) is 6.26. The van der Waals surface area contributed by atoms with E-state index in [1.54, 1.807) is 4.90 Å². The molecule has 1 aromatic rings. The van der Waals surface area contributed by atoms with Gasteiger partial charge in [0.1, 0.15) is 5.75 Å². The molecule has 1 N–H and O–H groups in total. The van der Waals surface area contributed by atoms with Crippen molar-refractivity contribution in [3.63, 3.8) is 0 Å². The van der Waals surface area contributed by atoms with Crippen molar-refractivity contribution in [2.24, 2.45) is 0 Å². The second-order valence-electron chi connectivity index (χ2n) is 4.46. The summed E-state index contributed by atoms with van der Waals surface area (Å²) in [5.74, 6) is -1.07. The first-order chi connectivity index (χ1) is 9.88. The molecule has 0 unspecified atom stereocenters. The third kappa shape index (κ3) is 4.01. The van der Waals surface area contributed by atoms with E-state index in [9.17, 15) is 18.0 Å². The number of halogens is 3. The van der Waals surface area contributed by atoms with E-state index in [4.69, 9.17) is 14.6 Å². The maximum atomic E-state index is 12.8. The van der Waals surface area contributed by atoms with Crippen LogP contribution in [0.1, 0.15) is 5.56 Å². The molecular weight excluding hydrogens is 291 g/mol. The van der Waals surface area contributed by atoms with Crippen LogP contribution in [0.5, 0.6) is 5.75 Å². The largest absolute Gasteiger partial charge is 0.480 e. The first kappa shape index (κ1) is 15.4. The van der Waals surface area contributed by atoms with Crippen LogP contribution in [-0.2, 0) is 15.7 Å². The molecule has 8 heteroatoms. The highest BCUT2D eigenvalue weighted by Gasteiger charge is 2.32. The van der Waals surface area contributed by atoms with Gasteiger partial charge in [-0.15, -0.1) is 0 Å². The predicted molar refractivity (Wildman–Crippen MR) is 67.6 cm³/mol. The van der Waals surface area contributed by atoms with Crippen molar-refractivity contribution in [1.82, 2.24) is 0 Å². The van der Waals surface area contributed by atoms with Crippen LogP contribution < -0.4 is 9.64 Å². The van der Waals surface area contributed by atoms with E-state index in [0.29, 0.717) is 26.3 Å². The fourth-order valence-electron chi connectivity index (χ4n) is 2.01. The summed E-state index contributed by atoms with van der Waals surface area (Å²) in [5, 5.41) is 8.62. The zero-order chi connectivity index (χ0) is 15.5. The molecule has 1 aliphatic rings. The van der Waals surface area contributed by atoms with Crippen LogP contribution in [0.2, 0.25) is 0 Å². The van der Waals surface area contributed by atoms with E-state index in [2.05, 4.69) is 0 Å². The van der Waals surface area contributed by atoms with Crippen LogP contribution in [-0.4, -0.2) is 44.0 Å². The normalized spacial score (nSPS) is 15.9. The van der Waals surface area contributed by atoms with Gasteiger partial charge < -0.3 is 19.5 Å². The zero-order valence-electron chi connectivity index (χ0n) is 11.0. The van der Waals surface area contributed by atoms with Gasteiger partial charge >= 0.3 is 12.1 Å².